The van der Waals surface area contributed by atoms with E-state index >= 15 is 0 Å². The van der Waals surface area contributed by atoms with Gasteiger partial charge >= 0.3 is 0 Å². The van der Waals surface area contributed by atoms with Gasteiger partial charge in [-0.25, -0.2) is 0 Å². The number of hydrogen-bond donors (Lipinski definition) is 1. The van der Waals surface area contributed by atoms with Crippen LogP contribution in [0.5, 0.6) is 11.5 Å². The smallest absolute Gasteiger partial charge is 0.123 e. The van der Waals surface area contributed by atoms with Crippen LogP contribution in [-0.4, -0.2) is 19.8 Å². The molecule has 2 aliphatic heterocycles. The zero-order valence-corrected chi connectivity index (χ0v) is 12.0. The first-order chi connectivity index (χ1) is 10.4. The quantitative estimate of drug-likeness (QED) is 0.932. The topological polar surface area (TPSA) is 30.5 Å². The predicted molar refractivity (Wildman–Crippen MR) is 83.4 cm³/mol. The van der Waals surface area contributed by atoms with E-state index in [1.54, 1.807) is 0 Å². The largest absolute Gasteiger partial charge is 0.493 e. The van der Waals surface area contributed by atoms with Gasteiger partial charge in [-0.15, -0.1) is 0 Å². The van der Waals surface area contributed by atoms with Crippen LogP contribution in [0.4, 0.5) is 5.69 Å². The first-order valence-corrected chi connectivity index (χ1v) is 7.61. The van der Waals surface area contributed by atoms with E-state index in [0.29, 0.717) is 19.1 Å². The number of ether oxygens (including phenoxy) is 2. The maximum Gasteiger partial charge on any atom is 0.123 e. The molecule has 4 rings (SSSR count). The number of hydrogen-bond acceptors (Lipinski definition) is 3. The second kappa shape index (κ2) is 5.32. The molecule has 2 heterocycles. The number of anilines is 1. The molecular weight excluding hydrogens is 262 g/mol. The Bertz CT molecular complexity index is 653. The van der Waals surface area contributed by atoms with Crippen molar-refractivity contribution in [3.8, 4) is 11.5 Å². The molecule has 1 unspecified atom stereocenters. The zero-order valence-electron chi connectivity index (χ0n) is 12.0. The number of nitrogens with one attached hydrogen (secondary N) is 1. The van der Waals surface area contributed by atoms with Crippen molar-refractivity contribution in [3.63, 3.8) is 0 Å². The minimum Gasteiger partial charge on any atom is -0.493 e. The molecule has 3 nitrogen and oxygen atoms in total. The summed E-state index contributed by atoms with van der Waals surface area (Å²) in [6.07, 6.45) is 2.37. The molecule has 2 aromatic carbocycles. The van der Waals surface area contributed by atoms with Crippen molar-refractivity contribution in [2.75, 3.05) is 25.1 Å². The van der Waals surface area contributed by atoms with Crippen LogP contribution in [0.1, 0.15) is 23.5 Å². The lowest BCUT2D eigenvalue weighted by Crippen LogP contribution is -2.13. The Morgan fingerprint density at radius 3 is 3.14 bits per heavy atom. The molecule has 0 aliphatic carbocycles. The molecule has 0 saturated heterocycles. The molecule has 0 saturated carbocycles. The van der Waals surface area contributed by atoms with Crippen LogP contribution in [0.3, 0.4) is 0 Å². The Morgan fingerprint density at radius 1 is 1.19 bits per heavy atom. The van der Waals surface area contributed by atoms with Crippen LogP contribution in [0, 0.1) is 0 Å². The van der Waals surface area contributed by atoms with Crippen LogP contribution < -0.4 is 14.8 Å². The Balaban J connectivity index is 1.46. The Labute approximate surface area is 124 Å². The maximum absolute atomic E-state index is 5.99. The summed E-state index contributed by atoms with van der Waals surface area (Å²) in [5.74, 6) is 2.26. The number of para-hydroxylation sites is 1. The average molecular weight is 281 g/mol. The van der Waals surface area contributed by atoms with Crippen molar-refractivity contribution in [1.29, 1.82) is 0 Å². The van der Waals surface area contributed by atoms with Crippen molar-refractivity contribution in [1.82, 2.24) is 0 Å². The Morgan fingerprint density at radius 2 is 2.14 bits per heavy atom. The average Bonchev–Trinajstić information content (AvgIpc) is 2.96. The lowest BCUT2D eigenvalue weighted by Gasteiger charge is -2.19. The second-order valence-corrected chi connectivity index (χ2v) is 5.71. The highest BCUT2D eigenvalue weighted by molar-refractivity contribution is 5.56. The van der Waals surface area contributed by atoms with Gasteiger partial charge in [-0.1, -0.05) is 24.3 Å². The molecule has 21 heavy (non-hydrogen) atoms. The number of rotatable bonds is 3. The summed E-state index contributed by atoms with van der Waals surface area (Å²) in [7, 11) is 0. The summed E-state index contributed by atoms with van der Waals surface area (Å²) in [6, 6.07) is 14.6. The third kappa shape index (κ3) is 2.44. The first kappa shape index (κ1) is 12.6. The van der Waals surface area contributed by atoms with E-state index in [2.05, 4.69) is 35.6 Å². The van der Waals surface area contributed by atoms with E-state index in [4.69, 9.17) is 9.47 Å². The summed E-state index contributed by atoms with van der Waals surface area (Å²) < 4.78 is 11.7. The number of benzene rings is 2. The van der Waals surface area contributed by atoms with Gasteiger partial charge < -0.3 is 14.8 Å². The molecule has 3 heteroatoms. The number of aryl methyl sites for hydroxylation is 1. The monoisotopic (exact) mass is 281 g/mol. The van der Waals surface area contributed by atoms with Gasteiger partial charge in [0.2, 0.25) is 0 Å². The minimum atomic E-state index is 0.324. The fourth-order valence-electron chi connectivity index (χ4n) is 3.09. The first-order valence-electron chi connectivity index (χ1n) is 7.61. The van der Waals surface area contributed by atoms with E-state index in [1.807, 2.05) is 12.1 Å². The van der Waals surface area contributed by atoms with Crippen molar-refractivity contribution in [2.24, 2.45) is 0 Å². The standard InChI is InChI=1S/C18H19NO2/c1-2-6-18-16(5-1)14(12-21-18)11-20-15-8-7-13-4-3-9-19-17(13)10-15/h1-2,5-8,10,14,19H,3-4,9,11-12H2. The summed E-state index contributed by atoms with van der Waals surface area (Å²) in [6.45, 7) is 2.43. The molecule has 0 spiro atoms. The molecule has 2 aromatic rings. The molecule has 108 valence electrons. The third-order valence-electron chi connectivity index (χ3n) is 4.27. The van der Waals surface area contributed by atoms with Crippen LogP contribution in [-0.2, 0) is 6.42 Å². The number of fused-ring (bicyclic) bond motifs is 2. The van der Waals surface area contributed by atoms with E-state index in [9.17, 15) is 0 Å². The minimum absolute atomic E-state index is 0.324. The van der Waals surface area contributed by atoms with Gasteiger partial charge in [0.25, 0.3) is 0 Å². The Kier molecular flexibility index (Phi) is 3.18. The normalized spacial score (nSPS) is 19.1. The van der Waals surface area contributed by atoms with E-state index in [-0.39, 0.29) is 0 Å². The molecule has 0 radical (unpaired) electrons. The molecule has 0 fully saturated rings. The highest BCUT2D eigenvalue weighted by Gasteiger charge is 2.24. The fourth-order valence-corrected chi connectivity index (χ4v) is 3.09. The van der Waals surface area contributed by atoms with Gasteiger partial charge in [-0.05, 0) is 30.5 Å². The SMILES string of the molecule is c1ccc2c(c1)OCC2COc1ccc2c(c1)NCCC2. The molecule has 1 atom stereocenters. The van der Waals surface area contributed by atoms with Crippen LogP contribution >= 0.6 is 0 Å². The van der Waals surface area contributed by atoms with Crippen molar-refractivity contribution in [2.45, 2.75) is 18.8 Å². The molecule has 1 N–H and O–H groups in total. The van der Waals surface area contributed by atoms with Crippen molar-refractivity contribution < 1.29 is 9.47 Å². The van der Waals surface area contributed by atoms with Crippen molar-refractivity contribution in [3.05, 3.63) is 53.6 Å². The molecule has 0 amide bonds. The van der Waals surface area contributed by atoms with Crippen LogP contribution in [0.15, 0.2) is 42.5 Å². The fraction of sp³-hybridized carbons (Fsp3) is 0.333. The van der Waals surface area contributed by atoms with Gasteiger partial charge in [0, 0.05) is 23.9 Å². The molecule has 0 bridgehead atoms. The highest BCUT2D eigenvalue weighted by atomic mass is 16.5. The van der Waals surface area contributed by atoms with Gasteiger partial charge in [0.1, 0.15) is 11.5 Å². The molecule has 2 aliphatic rings. The van der Waals surface area contributed by atoms with Gasteiger partial charge in [0.05, 0.1) is 19.1 Å². The highest BCUT2D eigenvalue weighted by Crippen LogP contribution is 2.34. The van der Waals surface area contributed by atoms with E-state index in [0.717, 1.165) is 24.5 Å². The summed E-state index contributed by atoms with van der Waals surface area (Å²) in [4.78, 5) is 0. The van der Waals surface area contributed by atoms with Gasteiger partial charge in [-0.3, -0.25) is 0 Å². The van der Waals surface area contributed by atoms with Crippen molar-refractivity contribution >= 4 is 5.69 Å². The van der Waals surface area contributed by atoms with E-state index < -0.39 is 0 Å². The van der Waals surface area contributed by atoms with Gasteiger partial charge in [-0.2, -0.15) is 0 Å². The lowest BCUT2D eigenvalue weighted by molar-refractivity contribution is 0.248. The summed E-state index contributed by atoms with van der Waals surface area (Å²) >= 11 is 0. The zero-order chi connectivity index (χ0) is 14.1. The lowest BCUT2D eigenvalue weighted by atomic mass is 10.0. The molecule has 0 aromatic heterocycles. The van der Waals surface area contributed by atoms with Crippen LogP contribution in [0.25, 0.3) is 0 Å². The third-order valence-corrected chi connectivity index (χ3v) is 4.27. The maximum atomic E-state index is 5.99. The predicted octanol–water partition coefficient (Wildman–Crippen LogP) is 3.60. The summed E-state index contributed by atoms with van der Waals surface area (Å²) in [5.41, 5.74) is 3.87. The van der Waals surface area contributed by atoms with Crippen LogP contribution in [0.2, 0.25) is 0 Å². The van der Waals surface area contributed by atoms with E-state index in [1.165, 1.54) is 23.2 Å². The molecular formula is C18H19NO2. The second-order valence-electron chi connectivity index (χ2n) is 5.71. The van der Waals surface area contributed by atoms with Gasteiger partial charge in [0.15, 0.2) is 0 Å². The Hall–Kier alpha value is -2.16. The summed E-state index contributed by atoms with van der Waals surface area (Å²) in [5, 5.41) is 3.44.